The number of hydrogen-bond acceptors (Lipinski definition) is 1. The number of carbonyl (C=O) groups excluding carboxylic acids is 1. The summed E-state index contributed by atoms with van der Waals surface area (Å²) >= 11 is 0. The molecule has 1 heteroatoms. The van der Waals surface area contributed by atoms with Crippen molar-refractivity contribution in [3.8, 4) is 12.3 Å². The number of ketones is 1. The van der Waals surface area contributed by atoms with Crippen molar-refractivity contribution < 1.29 is 4.79 Å². The third-order valence-corrected chi connectivity index (χ3v) is 2.59. The van der Waals surface area contributed by atoms with E-state index in [1.807, 2.05) is 24.3 Å². The van der Waals surface area contributed by atoms with Crippen molar-refractivity contribution in [3.05, 3.63) is 65.3 Å². The van der Waals surface area contributed by atoms with Crippen molar-refractivity contribution in [2.45, 2.75) is 6.42 Å². The second kappa shape index (κ2) is 5.14. The number of carbonyl (C=O) groups is 1. The van der Waals surface area contributed by atoms with Gasteiger partial charge in [0.1, 0.15) is 0 Å². The molecule has 2 rings (SSSR count). The number of hydrogen-bond donors (Lipinski definition) is 0. The Kier molecular flexibility index (Phi) is 3.37. The molecule has 0 fully saturated rings. The molecule has 0 unspecified atom stereocenters. The minimum absolute atomic E-state index is 0.275. The molecule has 0 aromatic heterocycles. The highest BCUT2D eigenvalue weighted by atomic mass is 16.1. The molecule has 17 heavy (non-hydrogen) atoms. The van der Waals surface area contributed by atoms with Crippen LogP contribution >= 0.6 is 0 Å². The van der Waals surface area contributed by atoms with E-state index in [4.69, 9.17) is 6.42 Å². The van der Waals surface area contributed by atoms with Crippen molar-refractivity contribution in [2.24, 2.45) is 0 Å². The molecule has 0 aliphatic heterocycles. The third-order valence-electron chi connectivity index (χ3n) is 2.59. The summed E-state index contributed by atoms with van der Waals surface area (Å²) in [6.07, 6.45) is 16.4. The monoisotopic (exact) mass is 220 g/mol. The maximum Gasteiger partial charge on any atom is 0.235 e. The Bertz CT molecular complexity index is 548. The molecule has 1 aromatic rings. The summed E-state index contributed by atoms with van der Waals surface area (Å²) in [7, 11) is 0. The quantitative estimate of drug-likeness (QED) is 0.433. The van der Waals surface area contributed by atoms with Gasteiger partial charge in [0.15, 0.2) is 0 Å². The summed E-state index contributed by atoms with van der Waals surface area (Å²) in [6, 6.07) is 7.29. The number of allylic oxidation sites excluding steroid dienone is 5. The smallest absolute Gasteiger partial charge is 0.235 e. The van der Waals surface area contributed by atoms with Gasteiger partial charge in [0.2, 0.25) is 5.78 Å². The second-order valence-corrected chi connectivity index (χ2v) is 3.80. The van der Waals surface area contributed by atoms with Crippen LogP contribution in [0.2, 0.25) is 0 Å². The molecule has 0 bridgehead atoms. The van der Waals surface area contributed by atoms with Gasteiger partial charge in [0.25, 0.3) is 0 Å². The first-order chi connectivity index (χ1) is 8.29. The summed E-state index contributed by atoms with van der Waals surface area (Å²) in [5.41, 5.74) is 2.91. The fraction of sp³-hybridized carbons (Fsp3) is 0.0625. The van der Waals surface area contributed by atoms with Crippen molar-refractivity contribution in [2.75, 3.05) is 0 Å². The highest BCUT2D eigenvalue weighted by Gasteiger charge is 2.00. The van der Waals surface area contributed by atoms with Crippen molar-refractivity contribution >= 4 is 11.9 Å². The average Bonchev–Trinajstić information content (AvgIpc) is 2.89. The fourth-order valence-electron chi connectivity index (χ4n) is 1.62. The van der Waals surface area contributed by atoms with Crippen LogP contribution < -0.4 is 0 Å². The van der Waals surface area contributed by atoms with Gasteiger partial charge in [-0.3, -0.25) is 4.79 Å². The van der Waals surface area contributed by atoms with E-state index in [0.29, 0.717) is 5.56 Å². The molecular formula is C16H12O. The molecule has 0 saturated carbocycles. The van der Waals surface area contributed by atoms with Crippen molar-refractivity contribution in [3.63, 3.8) is 0 Å². The Labute approximate surface area is 101 Å². The van der Waals surface area contributed by atoms with E-state index < -0.39 is 0 Å². The Morgan fingerprint density at radius 2 is 2.00 bits per heavy atom. The zero-order chi connectivity index (χ0) is 12.1. The number of benzene rings is 1. The van der Waals surface area contributed by atoms with E-state index in [1.165, 1.54) is 5.57 Å². The maximum absolute atomic E-state index is 11.2. The standard InChI is InChI=1S/C16H12O/c1-2-16(17)15-11-9-14(10-12-15)8-7-13-5-3-4-6-13/h1,3-5,7-12H,6H2/b8-7+. The Hall–Kier alpha value is -2.33. The molecule has 0 spiro atoms. The molecule has 0 radical (unpaired) electrons. The van der Waals surface area contributed by atoms with Crippen molar-refractivity contribution in [1.29, 1.82) is 0 Å². The Morgan fingerprint density at radius 1 is 1.24 bits per heavy atom. The van der Waals surface area contributed by atoms with Gasteiger partial charge < -0.3 is 0 Å². The van der Waals surface area contributed by atoms with E-state index >= 15 is 0 Å². The van der Waals surface area contributed by atoms with Crippen LogP contribution in [0.3, 0.4) is 0 Å². The first-order valence-electron chi connectivity index (χ1n) is 5.44. The molecular weight excluding hydrogens is 208 g/mol. The van der Waals surface area contributed by atoms with Crippen molar-refractivity contribution in [1.82, 2.24) is 0 Å². The molecule has 1 nitrogen and oxygen atoms in total. The zero-order valence-electron chi connectivity index (χ0n) is 9.39. The van der Waals surface area contributed by atoms with Gasteiger partial charge in [0, 0.05) is 5.56 Å². The first-order valence-corrected chi connectivity index (χ1v) is 5.44. The summed E-state index contributed by atoms with van der Waals surface area (Å²) in [6.45, 7) is 0. The maximum atomic E-state index is 11.2. The van der Waals surface area contributed by atoms with Gasteiger partial charge in [-0.25, -0.2) is 0 Å². The molecule has 1 aromatic carbocycles. The molecule has 1 aliphatic carbocycles. The summed E-state index contributed by atoms with van der Waals surface area (Å²) in [5, 5.41) is 0. The molecule has 82 valence electrons. The van der Waals surface area contributed by atoms with Gasteiger partial charge in [-0.2, -0.15) is 0 Å². The molecule has 0 saturated heterocycles. The lowest BCUT2D eigenvalue weighted by atomic mass is 10.1. The number of Topliss-reactive ketones (excluding diaryl/α,β-unsaturated/α-hetero) is 1. The number of terminal acetylenes is 1. The lowest BCUT2D eigenvalue weighted by Gasteiger charge is -1.96. The van der Waals surface area contributed by atoms with E-state index in [2.05, 4.69) is 24.1 Å². The summed E-state index contributed by atoms with van der Waals surface area (Å²) < 4.78 is 0. The predicted octanol–water partition coefficient (Wildman–Crippen LogP) is 3.40. The molecule has 0 amide bonds. The first kappa shape index (κ1) is 11.2. The van der Waals surface area contributed by atoms with Gasteiger partial charge in [-0.1, -0.05) is 42.5 Å². The average molecular weight is 220 g/mol. The van der Waals surface area contributed by atoms with Gasteiger partial charge >= 0.3 is 0 Å². The van der Waals surface area contributed by atoms with Crippen LogP contribution in [-0.2, 0) is 0 Å². The lowest BCUT2D eigenvalue weighted by molar-refractivity contribution is 0.105. The largest absolute Gasteiger partial charge is 0.279 e. The Morgan fingerprint density at radius 3 is 2.59 bits per heavy atom. The van der Waals surface area contributed by atoms with Crippen LogP contribution in [0, 0.1) is 12.3 Å². The molecule has 0 heterocycles. The van der Waals surface area contributed by atoms with Crippen LogP contribution in [0.5, 0.6) is 0 Å². The van der Waals surface area contributed by atoms with E-state index in [1.54, 1.807) is 12.1 Å². The highest BCUT2D eigenvalue weighted by molar-refractivity contribution is 6.08. The molecule has 0 atom stereocenters. The Balaban J connectivity index is 2.08. The predicted molar refractivity (Wildman–Crippen MR) is 70.5 cm³/mol. The SMILES string of the molecule is C#CC(=O)c1ccc(/C=C/C2=CC=CC2)cc1. The normalized spacial score (nSPS) is 13.7. The molecule has 1 aliphatic rings. The topological polar surface area (TPSA) is 17.1 Å². The van der Waals surface area contributed by atoms with Crippen LogP contribution in [0.4, 0.5) is 0 Å². The summed E-state index contributed by atoms with van der Waals surface area (Å²) in [4.78, 5) is 11.2. The van der Waals surface area contributed by atoms with E-state index in [-0.39, 0.29) is 5.78 Å². The zero-order valence-corrected chi connectivity index (χ0v) is 9.39. The lowest BCUT2D eigenvalue weighted by Crippen LogP contribution is -1.93. The summed E-state index contributed by atoms with van der Waals surface area (Å²) in [5.74, 6) is 1.83. The van der Waals surface area contributed by atoms with Gasteiger partial charge in [-0.15, -0.1) is 6.42 Å². The van der Waals surface area contributed by atoms with E-state index in [0.717, 1.165) is 12.0 Å². The third kappa shape index (κ3) is 2.83. The fourth-order valence-corrected chi connectivity index (χ4v) is 1.62. The minimum Gasteiger partial charge on any atom is -0.279 e. The van der Waals surface area contributed by atoms with Crippen LogP contribution in [-0.4, -0.2) is 5.78 Å². The van der Waals surface area contributed by atoms with E-state index in [9.17, 15) is 4.79 Å². The van der Waals surface area contributed by atoms with Crippen LogP contribution in [0.25, 0.3) is 6.08 Å². The highest BCUT2D eigenvalue weighted by Crippen LogP contribution is 2.14. The second-order valence-electron chi connectivity index (χ2n) is 3.80. The van der Waals surface area contributed by atoms with Gasteiger partial charge in [-0.05, 0) is 35.6 Å². The minimum atomic E-state index is -0.275. The molecule has 0 N–H and O–H groups in total. The van der Waals surface area contributed by atoms with Gasteiger partial charge in [0.05, 0.1) is 0 Å². The van der Waals surface area contributed by atoms with Crippen LogP contribution in [0.1, 0.15) is 22.3 Å². The number of rotatable bonds is 3. The van der Waals surface area contributed by atoms with Crippen LogP contribution in [0.15, 0.2) is 54.1 Å².